The van der Waals surface area contributed by atoms with Crippen LogP contribution in [0, 0.1) is 12.7 Å². The van der Waals surface area contributed by atoms with E-state index in [4.69, 9.17) is 21.1 Å². The van der Waals surface area contributed by atoms with Crippen LogP contribution in [0.15, 0.2) is 42.5 Å². The van der Waals surface area contributed by atoms with Crippen molar-refractivity contribution in [2.75, 3.05) is 18.5 Å². The molecule has 1 heterocycles. The maximum Gasteiger partial charge on any atom is 0.229 e. The van der Waals surface area contributed by atoms with E-state index >= 15 is 0 Å². The third-order valence-electron chi connectivity index (χ3n) is 4.56. The minimum atomic E-state index is -0.388. The van der Waals surface area contributed by atoms with Crippen molar-refractivity contribution in [1.82, 2.24) is 9.78 Å². The predicted octanol–water partition coefficient (Wildman–Crippen LogP) is 5.01. The van der Waals surface area contributed by atoms with E-state index in [9.17, 15) is 9.18 Å². The number of ether oxygens (including phenoxy) is 2. The molecule has 0 unspecified atom stereocenters. The molecule has 0 spiro atoms. The molecule has 0 aliphatic heterocycles. The van der Waals surface area contributed by atoms with E-state index in [0.29, 0.717) is 42.1 Å². The van der Waals surface area contributed by atoms with Crippen molar-refractivity contribution in [3.63, 3.8) is 0 Å². The van der Waals surface area contributed by atoms with Crippen LogP contribution in [0.4, 0.5) is 10.2 Å². The molecule has 3 aromatic rings. The summed E-state index contributed by atoms with van der Waals surface area (Å²) in [5, 5.41) is 7.57. The minimum Gasteiger partial charge on any atom is -0.490 e. The number of halogens is 2. The van der Waals surface area contributed by atoms with Crippen LogP contribution >= 0.6 is 11.6 Å². The van der Waals surface area contributed by atoms with Crippen molar-refractivity contribution in [2.45, 2.75) is 33.7 Å². The van der Waals surface area contributed by atoms with Gasteiger partial charge >= 0.3 is 0 Å². The third kappa shape index (κ3) is 5.98. The second kappa shape index (κ2) is 10.3. The molecule has 0 fully saturated rings. The van der Waals surface area contributed by atoms with Gasteiger partial charge in [-0.25, -0.2) is 4.39 Å². The molecule has 0 radical (unpaired) electrons. The molecule has 0 bridgehead atoms. The van der Waals surface area contributed by atoms with Crippen LogP contribution in [0.25, 0.3) is 0 Å². The summed E-state index contributed by atoms with van der Waals surface area (Å²) in [7, 11) is 0. The molecule has 8 heteroatoms. The second-order valence-electron chi connectivity index (χ2n) is 6.94. The Morgan fingerprint density at radius 2 is 1.84 bits per heavy atom. The third-order valence-corrected chi connectivity index (χ3v) is 4.91. The highest BCUT2D eigenvalue weighted by molar-refractivity contribution is 6.31. The summed E-state index contributed by atoms with van der Waals surface area (Å²) < 4.78 is 26.1. The van der Waals surface area contributed by atoms with Crippen LogP contribution in [0.5, 0.6) is 11.5 Å². The first kappa shape index (κ1) is 22.6. The van der Waals surface area contributed by atoms with E-state index in [2.05, 4.69) is 10.4 Å². The number of aryl methyl sites for hydroxylation is 1. The van der Waals surface area contributed by atoms with Gasteiger partial charge in [-0.1, -0.05) is 23.7 Å². The molecule has 6 nitrogen and oxygen atoms in total. The molecular formula is C23H25ClFN3O3. The van der Waals surface area contributed by atoms with Crippen LogP contribution < -0.4 is 14.8 Å². The van der Waals surface area contributed by atoms with E-state index in [1.807, 2.05) is 39.0 Å². The van der Waals surface area contributed by atoms with E-state index in [1.54, 1.807) is 16.8 Å². The lowest BCUT2D eigenvalue weighted by Crippen LogP contribution is -2.15. The topological polar surface area (TPSA) is 65.4 Å². The smallest absolute Gasteiger partial charge is 0.229 e. The number of benzene rings is 2. The molecule has 31 heavy (non-hydrogen) atoms. The van der Waals surface area contributed by atoms with Gasteiger partial charge in [0.25, 0.3) is 0 Å². The fourth-order valence-corrected chi connectivity index (χ4v) is 3.35. The van der Waals surface area contributed by atoms with Crippen molar-refractivity contribution in [3.05, 3.63) is 70.1 Å². The van der Waals surface area contributed by atoms with Gasteiger partial charge in [0, 0.05) is 16.8 Å². The molecule has 1 N–H and O–H groups in total. The maximum absolute atomic E-state index is 13.3. The summed E-state index contributed by atoms with van der Waals surface area (Å²) in [6.07, 6.45) is 0.169. The number of aromatic nitrogens is 2. The number of hydrogen-bond donors (Lipinski definition) is 1. The fourth-order valence-electron chi connectivity index (χ4n) is 3.12. The van der Waals surface area contributed by atoms with Crippen molar-refractivity contribution in [3.8, 4) is 11.5 Å². The number of carbonyl (C=O) groups is 1. The number of nitrogens with zero attached hydrogens (tertiary/aromatic N) is 2. The second-order valence-corrected chi connectivity index (χ2v) is 7.34. The number of anilines is 1. The van der Waals surface area contributed by atoms with Crippen LogP contribution in [0.2, 0.25) is 5.02 Å². The Hall–Kier alpha value is -3.06. The fraction of sp³-hybridized carbons (Fsp3) is 0.304. The first-order valence-corrected chi connectivity index (χ1v) is 10.4. The lowest BCUT2D eigenvalue weighted by molar-refractivity contribution is -0.115. The van der Waals surface area contributed by atoms with Crippen molar-refractivity contribution in [2.24, 2.45) is 0 Å². The van der Waals surface area contributed by atoms with Gasteiger partial charge in [-0.2, -0.15) is 5.10 Å². The molecule has 0 aliphatic rings. The van der Waals surface area contributed by atoms with E-state index in [0.717, 1.165) is 16.8 Å². The van der Waals surface area contributed by atoms with E-state index < -0.39 is 0 Å². The van der Waals surface area contributed by atoms with Crippen molar-refractivity contribution < 1.29 is 18.7 Å². The molecule has 1 amide bonds. The molecule has 0 saturated carbocycles. The largest absolute Gasteiger partial charge is 0.490 e. The molecular weight excluding hydrogens is 421 g/mol. The number of nitrogens with one attached hydrogen (secondary N) is 1. The highest BCUT2D eigenvalue weighted by Crippen LogP contribution is 2.29. The SMILES string of the molecule is CCOc1ccc(CC(=O)Nc2cc(C)n(Cc3ccc(F)cc3Cl)n2)cc1OCC. The highest BCUT2D eigenvalue weighted by Gasteiger charge is 2.13. The number of rotatable bonds is 9. The Morgan fingerprint density at radius 3 is 2.55 bits per heavy atom. The summed E-state index contributed by atoms with van der Waals surface area (Å²) in [4.78, 5) is 12.5. The van der Waals surface area contributed by atoms with Gasteiger partial charge in [-0.3, -0.25) is 9.48 Å². The molecule has 1 aromatic heterocycles. The van der Waals surface area contributed by atoms with E-state index in [1.165, 1.54) is 12.1 Å². The van der Waals surface area contributed by atoms with Crippen molar-refractivity contribution in [1.29, 1.82) is 0 Å². The van der Waals surface area contributed by atoms with Crippen molar-refractivity contribution >= 4 is 23.3 Å². The zero-order valence-electron chi connectivity index (χ0n) is 17.7. The number of hydrogen-bond acceptors (Lipinski definition) is 4. The zero-order valence-corrected chi connectivity index (χ0v) is 18.5. The molecule has 0 aliphatic carbocycles. The van der Waals surface area contributed by atoms with Crippen LogP contribution in [0.1, 0.15) is 30.7 Å². The van der Waals surface area contributed by atoms with Gasteiger partial charge < -0.3 is 14.8 Å². The highest BCUT2D eigenvalue weighted by atomic mass is 35.5. The Bertz CT molecular complexity index is 1070. The minimum absolute atomic E-state index is 0.169. The van der Waals surface area contributed by atoms with Gasteiger partial charge in [-0.05, 0) is 56.2 Å². The lowest BCUT2D eigenvalue weighted by Gasteiger charge is -2.12. The maximum atomic E-state index is 13.3. The number of carbonyl (C=O) groups excluding carboxylic acids is 1. The zero-order chi connectivity index (χ0) is 22.4. The van der Waals surface area contributed by atoms with Crippen LogP contribution in [-0.2, 0) is 17.8 Å². The Morgan fingerprint density at radius 1 is 1.10 bits per heavy atom. The first-order chi connectivity index (χ1) is 14.9. The summed E-state index contributed by atoms with van der Waals surface area (Å²) >= 11 is 6.11. The first-order valence-electron chi connectivity index (χ1n) is 10.1. The molecule has 2 aromatic carbocycles. The standard InChI is InChI=1S/C23H25ClFN3O3/c1-4-30-20-9-6-16(11-21(20)31-5-2)12-23(29)26-22-10-15(3)28(27-22)14-17-7-8-18(25)13-19(17)24/h6-11,13H,4-5,12,14H2,1-3H3,(H,26,27,29). The quantitative estimate of drug-likeness (QED) is 0.502. The predicted molar refractivity (Wildman–Crippen MR) is 119 cm³/mol. The van der Waals surface area contributed by atoms with Gasteiger partial charge in [0.2, 0.25) is 5.91 Å². The number of amides is 1. The van der Waals surface area contributed by atoms with Crippen LogP contribution in [-0.4, -0.2) is 28.9 Å². The average molecular weight is 446 g/mol. The van der Waals surface area contributed by atoms with Gasteiger partial charge in [0.15, 0.2) is 17.3 Å². The normalized spacial score (nSPS) is 10.7. The van der Waals surface area contributed by atoms with Crippen LogP contribution in [0.3, 0.4) is 0 Å². The molecule has 0 atom stereocenters. The monoisotopic (exact) mass is 445 g/mol. The Kier molecular flexibility index (Phi) is 7.52. The molecule has 3 rings (SSSR count). The Labute approximate surface area is 185 Å². The molecule has 0 saturated heterocycles. The van der Waals surface area contributed by atoms with Gasteiger partial charge in [-0.15, -0.1) is 0 Å². The Balaban J connectivity index is 1.67. The summed E-state index contributed by atoms with van der Waals surface area (Å²) in [5.74, 6) is 1.13. The molecule has 164 valence electrons. The average Bonchev–Trinajstić information content (AvgIpc) is 3.05. The summed E-state index contributed by atoms with van der Waals surface area (Å²) in [5.41, 5.74) is 2.39. The summed E-state index contributed by atoms with van der Waals surface area (Å²) in [6.45, 7) is 7.09. The van der Waals surface area contributed by atoms with E-state index in [-0.39, 0.29) is 18.1 Å². The lowest BCUT2D eigenvalue weighted by atomic mass is 10.1. The van der Waals surface area contributed by atoms with Gasteiger partial charge in [0.1, 0.15) is 5.82 Å². The summed E-state index contributed by atoms with van der Waals surface area (Å²) in [6, 6.07) is 11.5. The van der Waals surface area contributed by atoms with Gasteiger partial charge in [0.05, 0.1) is 26.2 Å².